The van der Waals surface area contributed by atoms with E-state index in [0.717, 1.165) is 12.5 Å². The number of halogens is 1. The molecular weight excluding hydrogens is 234 g/mol. The van der Waals surface area contributed by atoms with Crippen LogP contribution in [0.3, 0.4) is 0 Å². The highest BCUT2D eigenvalue weighted by Gasteiger charge is 2.24. The topological polar surface area (TPSA) is 12.0 Å². The van der Waals surface area contributed by atoms with Crippen LogP contribution in [0.5, 0.6) is 0 Å². The summed E-state index contributed by atoms with van der Waals surface area (Å²) >= 11 is 5.44. The van der Waals surface area contributed by atoms with Gasteiger partial charge in [0.15, 0.2) is 0 Å². The summed E-state index contributed by atoms with van der Waals surface area (Å²) < 4.78 is 1.29. The SMILES string of the molecule is CNCC1CCc2cc(Br)sc21. The van der Waals surface area contributed by atoms with Gasteiger partial charge in [-0.2, -0.15) is 0 Å². The van der Waals surface area contributed by atoms with Gasteiger partial charge in [0.25, 0.3) is 0 Å². The van der Waals surface area contributed by atoms with Crippen LogP contribution in [0.2, 0.25) is 0 Å². The van der Waals surface area contributed by atoms with Gasteiger partial charge in [0.2, 0.25) is 0 Å². The summed E-state index contributed by atoms with van der Waals surface area (Å²) in [6.45, 7) is 1.12. The smallest absolute Gasteiger partial charge is 0.0704 e. The second-order valence-electron chi connectivity index (χ2n) is 3.23. The second-order valence-corrected chi connectivity index (χ2v) is 5.70. The molecule has 0 bridgehead atoms. The van der Waals surface area contributed by atoms with Gasteiger partial charge in [-0.15, -0.1) is 11.3 Å². The van der Waals surface area contributed by atoms with Gasteiger partial charge >= 0.3 is 0 Å². The minimum Gasteiger partial charge on any atom is -0.319 e. The number of rotatable bonds is 2. The zero-order valence-corrected chi connectivity index (χ0v) is 9.46. The lowest BCUT2D eigenvalue weighted by atomic mass is 10.1. The molecule has 1 atom stereocenters. The van der Waals surface area contributed by atoms with Crippen LogP contribution < -0.4 is 5.32 Å². The first-order valence-corrected chi connectivity index (χ1v) is 5.85. The highest BCUT2D eigenvalue weighted by atomic mass is 79.9. The summed E-state index contributed by atoms with van der Waals surface area (Å²) in [5, 5.41) is 3.25. The molecule has 0 amide bonds. The van der Waals surface area contributed by atoms with E-state index in [1.54, 1.807) is 10.4 Å². The van der Waals surface area contributed by atoms with Gasteiger partial charge in [0.05, 0.1) is 3.79 Å². The lowest BCUT2D eigenvalue weighted by molar-refractivity contribution is 0.629. The Morgan fingerprint density at radius 2 is 2.58 bits per heavy atom. The van der Waals surface area contributed by atoms with Crippen molar-refractivity contribution in [2.24, 2.45) is 0 Å². The Hall–Kier alpha value is 0.140. The molecule has 1 unspecified atom stereocenters. The molecule has 0 radical (unpaired) electrons. The largest absolute Gasteiger partial charge is 0.319 e. The van der Waals surface area contributed by atoms with Crippen molar-refractivity contribution in [3.8, 4) is 0 Å². The van der Waals surface area contributed by atoms with Crippen LogP contribution in [-0.2, 0) is 6.42 Å². The summed E-state index contributed by atoms with van der Waals surface area (Å²) in [6.07, 6.45) is 2.60. The predicted octanol–water partition coefficient (Wildman–Crippen LogP) is 2.76. The van der Waals surface area contributed by atoms with Crippen molar-refractivity contribution < 1.29 is 0 Å². The van der Waals surface area contributed by atoms with E-state index in [2.05, 4.69) is 27.3 Å². The normalized spacial score (nSPS) is 21.3. The molecule has 1 nitrogen and oxygen atoms in total. The van der Waals surface area contributed by atoms with E-state index >= 15 is 0 Å². The van der Waals surface area contributed by atoms with Crippen LogP contribution in [0.4, 0.5) is 0 Å². The highest BCUT2D eigenvalue weighted by Crippen LogP contribution is 2.40. The Morgan fingerprint density at radius 1 is 1.75 bits per heavy atom. The maximum atomic E-state index is 3.53. The molecule has 0 spiro atoms. The van der Waals surface area contributed by atoms with E-state index in [9.17, 15) is 0 Å². The Balaban J connectivity index is 2.22. The first-order valence-electron chi connectivity index (χ1n) is 4.24. The van der Waals surface area contributed by atoms with Gasteiger partial charge in [0.1, 0.15) is 0 Å². The van der Waals surface area contributed by atoms with E-state index in [0.29, 0.717) is 0 Å². The molecule has 66 valence electrons. The average molecular weight is 246 g/mol. The van der Waals surface area contributed by atoms with E-state index in [1.807, 2.05) is 18.4 Å². The average Bonchev–Trinajstić information content (AvgIpc) is 2.52. The fraction of sp³-hybridized carbons (Fsp3) is 0.556. The summed E-state index contributed by atoms with van der Waals surface area (Å²) in [7, 11) is 2.03. The van der Waals surface area contributed by atoms with Crippen molar-refractivity contribution >= 4 is 27.3 Å². The molecule has 1 aromatic heterocycles. The lowest BCUT2D eigenvalue weighted by Gasteiger charge is -2.07. The summed E-state index contributed by atoms with van der Waals surface area (Å²) in [6, 6.07) is 2.27. The molecule has 0 aromatic carbocycles. The number of likely N-dealkylation sites (N-methyl/N-ethyl adjacent to an activating group) is 1. The van der Waals surface area contributed by atoms with Gasteiger partial charge < -0.3 is 5.32 Å². The zero-order chi connectivity index (χ0) is 8.55. The molecule has 3 heteroatoms. The first-order chi connectivity index (χ1) is 5.81. The van der Waals surface area contributed by atoms with Gasteiger partial charge in [-0.1, -0.05) is 0 Å². The van der Waals surface area contributed by atoms with E-state index in [1.165, 1.54) is 16.6 Å². The van der Waals surface area contributed by atoms with Crippen molar-refractivity contribution in [3.05, 3.63) is 20.3 Å². The van der Waals surface area contributed by atoms with Crippen LogP contribution >= 0.6 is 27.3 Å². The first kappa shape index (κ1) is 8.73. The fourth-order valence-electron chi connectivity index (χ4n) is 1.85. The number of fused-ring (bicyclic) bond motifs is 1. The van der Waals surface area contributed by atoms with Crippen molar-refractivity contribution in [2.45, 2.75) is 18.8 Å². The van der Waals surface area contributed by atoms with Gasteiger partial charge in [-0.05, 0) is 47.4 Å². The molecule has 1 aliphatic rings. The number of nitrogens with one attached hydrogen (secondary N) is 1. The predicted molar refractivity (Wildman–Crippen MR) is 57.0 cm³/mol. The van der Waals surface area contributed by atoms with Crippen LogP contribution in [0, 0.1) is 0 Å². The molecule has 2 rings (SSSR count). The van der Waals surface area contributed by atoms with Crippen LogP contribution in [0.25, 0.3) is 0 Å². The van der Waals surface area contributed by atoms with Crippen LogP contribution in [0.1, 0.15) is 22.8 Å². The van der Waals surface area contributed by atoms with Gasteiger partial charge in [-0.25, -0.2) is 0 Å². The monoisotopic (exact) mass is 245 g/mol. The van der Waals surface area contributed by atoms with E-state index in [-0.39, 0.29) is 0 Å². The molecule has 0 saturated carbocycles. The minimum absolute atomic E-state index is 0.765. The molecule has 0 aliphatic heterocycles. The number of hydrogen-bond donors (Lipinski definition) is 1. The van der Waals surface area contributed by atoms with Gasteiger partial charge in [-0.3, -0.25) is 0 Å². The third kappa shape index (κ3) is 1.45. The van der Waals surface area contributed by atoms with E-state index in [4.69, 9.17) is 0 Å². The fourth-order valence-corrected chi connectivity index (χ4v) is 3.72. The molecule has 12 heavy (non-hydrogen) atoms. The maximum absolute atomic E-state index is 3.53. The summed E-state index contributed by atoms with van der Waals surface area (Å²) in [5.41, 5.74) is 1.56. The Bertz CT molecular complexity index is 282. The third-order valence-corrected chi connectivity index (χ3v) is 4.24. The molecule has 1 heterocycles. The Labute approximate surface area is 85.3 Å². The van der Waals surface area contributed by atoms with Gasteiger partial charge in [0, 0.05) is 17.3 Å². The standard InChI is InChI=1S/C9H12BrNS/c1-11-5-7-3-2-6-4-8(10)12-9(6)7/h4,7,11H,2-3,5H2,1H3. The summed E-state index contributed by atoms with van der Waals surface area (Å²) in [5.74, 6) is 0.765. The number of hydrogen-bond acceptors (Lipinski definition) is 2. The number of aryl methyl sites for hydroxylation is 1. The quantitative estimate of drug-likeness (QED) is 0.846. The van der Waals surface area contributed by atoms with Crippen LogP contribution in [-0.4, -0.2) is 13.6 Å². The summed E-state index contributed by atoms with van der Waals surface area (Å²) in [4.78, 5) is 1.59. The molecule has 1 aromatic rings. The van der Waals surface area contributed by atoms with Crippen LogP contribution in [0.15, 0.2) is 9.85 Å². The van der Waals surface area contributed by atoms with Crippen molar-refractivity contribution in [1.29, 1.82) is 0 Å². The Morgan fingerprint density at radius 3 is 3.33 bits per heavy atom. The molecule has 0 fully saturated rings. The van der Waals surface area contributed by atoms with E-state index < -0.39 is 0 Å². The Kier molecular flexibility index (Phi) is 2.53. The number of thiophene rings is 1. The maximum Gasteiger partial charge on any atom is 0.0704 e. The molecular formula is C9H12BrNS. The lowest BCUT2D eigenvalue weighted by Crippen LogP contribution is -2.14. The molecule has 0 saturated heterocycles. The highest BCUT2D eigenvalue weighted by molar-refractivity contribution is 9.11. The van der Waals surface area contributed by atoms with Crippen molar-refractivity contribution in [1.82, 2.24) is 5.32 Å². The zero-order valence-electron chi connectivity index (χ0n) is 7.06. The van der Waals surface area contributed by atoms with Crippen molar-refractivity contribution in [3.63, 3.8) is 0 Å². The molecule has 1 aliphatic carbocycles. The third-order valence-electron chi connectivity index (χ3n) is 2.40. The van der Waals surface area contributed by atoms with Crippen molar-refractivity contribution in [2.75, 3.05) is 13.6 Å². The second kappa shape index (κ2) is 3.48. The minimum atomic E-state index is 0.765. The molecule has 1 N–H and O–H groups in total.